The Kier molecular flexibility index (Phi) is 5.02. The number of benzene rings is 1. The van der Waals surface area contributed by atoms with Crippen LogP contribution < -0.4 is 0 Å². The van der Waals surface area contributed by atoms with Crippen LogP contribution in [0, 0.1) is 12.7 Å². The molecule has 0 bridgehead atoms. The Morgan fingerprint density at radius 3 is 2.56 bits per heavy atom. The number of aryl methyl sites for hydroxylation is 1. The van der Waals surface area contributed by atoms with Crippen LogP contribution in [0.25, 0.3) is 0 Å². The second kappa shape index (κ2) is 6.09. The summed E-state index contributed by atoms with van der Waals surface area (Å²) in [7, 11) is -3.02. The summed E-state index contributed by atoms with van der Waals surface area (Å²) in [4.78, 5) is 11.8. The molecule has 0 saturated carbocycles. The largest absolute Gasteiger partial charge is 0.294 e. The van der Waals surface area contributed by atoms with Crippen LogP contribution >= 0.6 is 0 Å². The summed E-state index contributed by atoms with van der Waals surface area (Å²) >= 11 is 0. The van der Waals surface area contributed by atoms with Crippen molar-refractivity contribution in [3.63, 3.8) is 0 Å². The number of carbonyl (C=O) groups excluding carboxylic acids is 1. The minimum Gasteiger partial charge on any atom is -0.294 e. The normalized spacial score (nSPS) is 11.5. The molecule has 0 atom stereocenters. The highest BCUT2D eigenvalue weighted by Crippen LogP contribution is 2.12. The first-order valence-electron chi connectivity index (χ1n) is 5.85. The van der Waals surface area contributed by atoms with Crippen LogP contribution in [0.3, 0.4) is 0 Å². The van der Waals surface area contributed by atoms with Crippen molar-refractivity contribution in [3.05, 3.63) is 35.1 Å². The Bertz CT molecular complexity index is 535. The quantitative estimate of drug-likeness (QED) is 0.748. The summed E-state index contributed by atoms with van der Waals surface area (Å²) in [6.07, 6.45) is 0.482. The molecular weight excluding hydrogens is 255 g/mol. The van der Waals surface area contributed by atoms with E-state index >= 15 is 0 Å². The van der Waals surface area contributed by atoms with Gasteiger partial charge in [0.25, 0.3) is 0 Å². The molecule has 0 unspecified atom stereocenters. The van der Waals surface area contributed by atoms with Gasteiger partial charge in [-0.2, -0.15) is 0 Å². The highest BCUT2D eigenvalue weighted by atomic mass is 32.2. The highest BCUT2D eigenvalue weighted by Gasteiger charge is 2.11. The molecular formula is C13H17FO3S. The minimum absolute atomic E-state index is 0.0232. The van der Waals surface area contributed by atoms with Crippen molar-refractivity contribution < 1.29 is 17.6 Å². The van der Waals surface area contributed by atoms with Crippen molar-refractivity contribution in [3.8, 4) is 0 Å². The van der Waals surface area contributed by atoms with Crippen molar-refractivity contribution in [1.29, 1.82) is 0 Å². The van der Waals surface area contributed by atoms with Gasteiger partial charge in [-0.1, -0.05) is 6.92 Å². The van der Waals surface area contributed by atoms with E-state index in [9.17, 15) is 17.6 Å². The van der Waals surface area contributed by atoms with Gasteiger partial charge in [-0.25, -0.2) is 12.8 Å². The molecule has 100 valence electrons. The van der Waals surface area contributed by atoms with Crippen LogP contribution in [0.15, 0.2) is 18.2 Å². The Morgan fingerprint density at radius 1 is 1.33 bits per heavy atom. The summed E-state index contributed by atoms with van der Waals surface area (Å²) in [6.45, 7) is 3.17. The van der Waals surface area contributed by atoms with Crippen LogP contribution in [0.5, 0.6) is 0 Å². The first-order chi connectivity index (χ1) is 8.35. The van der Waals surface area contributed by atoms with Gasteiger partial charge in [0.1, 0.15) is 15.7 Å². The second-order valence-electron chi connectivity index (χ2n) is 4.23. The molecule has 0 aliphatic rings. The van der Waals surface area contributed by atoms with Crippen molar-refractivity contribution in [2.24, 2.45) is 0 Å². The third-order valence-electron chi connectivity index (χ3n) is 2.78. The lowest BCUT2D eigenvalue weighted by Gasteiger charge is -2.03. The summed E-state index contributed by atoms with van der Waals surface area (Å²) in [5, 5.41) is 0. The smallest absolute Gasteiger partial charge is 0.162 e. The van der Waals surface area contributed by atoms with Crippen molar-refractivity contribution >= 4 is 15.6 Å². The maximum absolute atomic E-state index is 13.0. The van der Waals surface area contributed by atoms with Gasteiger partial charge in [0, 0.05) is 17.7 Å². The number of sulfone groups is 1. The van der Waals surface area contributed by atoms with Crippen molar-refractivity contribution in [2.45, 2.75) is 26.7 Å². The van der Waals surface area contributed by atoms with Crippen molar-refractivity contribution in [1.82, 2.24) is 0 Å². The Balaban J connectivity index is 2.58. The summed E-state index contributed by atoms with van der Waals surface area (Å²) < 4.78 is 35.5. The zero-order chi connectivity index (χ0) is 13.8. The van der Waals surface area contributed by atoms with E-state index in [0.717, 1.165) is 0 Å². The maximum atomic E-state index is 13.0. The minimum atomic E-state index is -3.02. The molecule has 0 aromatic heterocycles. The summed E-state index contributed by atoms with van der Waals surface area (Å²) in [6, 6.07) is 4.18. The standard InChI is InChI=1S/C13H17FO3S/c1-3-18(16,17)8-4-5-13(15)11-6-7-12(14)10(2)9-11/h6-7,9H,3-5,8H2,1-2H3. The van der Waals surface area contributed by atoms with Crippen LogP contribution in [-0.2, 0) is 9.84 Å². The van der Waals surface area contributed by atoms with E-state index in [1.807, 2.05) is 0 Å². The number of ketones is 1. The number of halogens is 1. The van der Waals surface area contributed by atoms with E-state index in [4.69, 9.17) is 0 Å². The number of carbonyl (C=O) groups is 1. The van der Waals surface area contributed by atoms with E-state index in [1.165, 1.54) is 18.2 Å². The van der Waals surface area contributed by atoms with Gasteiger partial charge in [0.2, 0.25) is 0 Å². The molecule has 18 heavy (non-hydrogen) atoms. The first-order valence-corrected chi connectivity index (χ1v) is 7.67. The zero-order valence-electron chi connectivity index (χ0n) is 10.6. The molecule has 0 spiro atoms. The molecule has 0 amide bonds. The number of rotatable bonds is 6. The van der Waals surface area contributed by atoms with E-state index in [0.29, 0.717) is 17.5 Å². The van der Waals surface area contributed by atoms with Gasteiger partial charge in [0.05, 0.1) is 5.75 Å². The van der Waals surface area contributed by atoms with E-state index < -0.39 is 9.84 Å². The Morgan fingerprint density at radius 2 is 2.00 bits per heavy atom. The molecule has 0 heterocycles. The average Bonchev–Trinajstić information content (AvgIpc) is 2.32. The monoisotopic (exact) mass is 272 g/mol. The predicted octanol–water partition coefficient (Wildman–Crippen LogP) is 2.53. The lowest BCUT2D eigenvalue weighted by Crippen LogP contribution is -2.10. The third kappa shape index (κ3) is 4.22. The third-order valence-corrected chi connectivity index (χ3v) is 4.57. The molecule has 0 fully saturated rings. The molecule has 0 N–H and O–H groups in total. The van der Waals surface area contributed by atoms with E-state index in [2.05, 4.69) is 0 Å². The first kappa shape index (κ1) is 14.8. The van der Waals surface area contributed by atoms with E-state index in [-0.39, 0.29) is 29.5 Å². The van der Waals surface area contributed by atoms with Gasteiger partial charge in [-0.05, 0) is 37.1 Å². The van der Waals surface area contributed by atoms with Crippen LogP contribution in [0.1, 0.15) is 35.7 Å². The van der Waals surface area contributed by atoms with Gasteiger partial charge < -0.3 is 0 Å². The molecule has 5 heteroatoms. The second-order valence-corrected chi connectivity index (χ2v) is 6.70. The Labute approximate surface area is 107 Å². The average molecular weight is 272 g/mol. The van der Waals surface area contributed by atoms with Crippen LogP contribution in [0.4, 0.5) is 4.39 Å². The van der Waals surface area contributed by atoms with Gasteiger partial charge in [0.15, 0.2) is 5.78 Å². The SMILES string of the molecule is CCS(=O)(=O)CCCC(=O)c1ccc(F)c(C)c1. The number of hydrogen-bond acceptors (Lipinski definition) is 3. The summed E-state index contributed by atoms with van der Waals surface area (Å²) in [5.41, 5.74) is 0.852. The molecule has 1 aromatic carbocycles. The van der Waals surface area contributed by atoms with Gasteiger partial charge >= 0.3 is 0 Å². The Hall–Kier alpha value is -1.23. The van der Waals surface area contributed by atoms with E-state index in [1.54, 1.807) is 13.8 Å². The molecule has 1 aromatic rings. The molecule has 0 radical (unpaired) electrons. The lowest BCUT2D eigenvalue weighted by molar-refractivity contribution is 0.0982. The van der Waals surface area contributed by atoms with Crippen molar-refractivity contribution in [2.75, 3.05) is 11.5 Å². The highest BCUT2D eigenvalue weighted by molar-refractivity contribution is 7.91. The van der Waals surface area contributed by atoms with Gasteiger partial charge in [-0.3, -0.25) is 4.79 Å². The van der Waals surface area contributed by atoms with Crippen LogP contribution in [-0.4, -0.2) is 25.7 Å². The number of hydrogen-bond donors (Lipinski definition) is 0. The zero-order valence-corrected chi connectivity index (χ0v) is 11.4. The topological polar surface area (TPSA) is 51.2 Å². The predicted molar refractivity (Wildman–Crippen MR) is 69.0 cm³/mol. The maximum Gasteiger partial charge on any atom is 0.162 e. The lowest BCUT2D eigenvalue weighted by atomic mass is 10.0. The number of Topliss-reactive ketones (excluding diaryl/α,β-unsaturated/α-hetero) is 1. The van der Waals surface area contributed by atoms with Gasteiger partial charge in [-0.15, -0.1) is 0 Å². The fraction of sp³-hybridized carbons (Fsp3) is 0.462. The fourth-order valence-electron chi connectivity index (χ4n) is 1.56. The molecule has 1 rings (SSSR count). The molecule has 0 aliphatic carbocycles. The molecule has 3 nitrogen and oxygen atoms in total. The molecule has 0 saturated heterocycles. The van der Waals surface area contributed by atoms with Crippen LogP contribution in [0.2, 0.25) is 0 Å². The molecule has 0 aliphatic heterocycles. The summed E-state index contributed by atoms with van der Waals surface area (Å²) in [5.74, 6) is -0.378. The fourth-order valence-corrected chi connectivity index (χ4v) is 2.43.